The third kappa shape index (κ3) is 8.25. The molecule has 13 heavy (non-hydrogen) atoms. The van der Waals surface area contributed by atoms with E-state index in [-0.39, 0.29) is 6.10 Å². The Morgan fingerprint density at radius 1 is 1.38 bits per heavy atom. The van der Waals surface area contributed by atoms with Gasteiger partial charge in [0.25, 0.3) is 0 Å². The van der Waals surface area contributed by atoms with Crippen LogP contribution in [0.4, 0.5) is 0 Å². The van der Waals surface area contributed by atoms with E-state index in [1.165, 1.54) is 0 Å². The van der Waals surface area contributed by atoms with Gasteiger partial charge >= 0.3 is 0 Å². The number of nitrogens with one attached hydrogen (secondary N) is 1. The maximum atomic E-state index is 5.46. The van der Waals surface area contributed by atoms with Gasteiger partial charge in [0.15, 0.2) is 0 Å². The lowest BCUT2D eigenvalue weighted by atomic mass is 10.3. The van der Waals surface area contributed by atoms with E-state index in [1.54, 1.807) is 14.2 Å². The van der Waals surface area contributed by atoms with E-state index in [0.717, 1.165) is 13.1 Å². The van der Waals surface area contributed by atoms with E-state index in [9.17, 15) is 0 Å². The van der Waals surface area contributed by atoms with Gasteiger partial charge in [-0.1, -0.05) is 12.2 Å². The fourth-order valence-electron chi connectivity index (χ4n) is 0.870. The zero-order chi connectivity index (χ0) is 9.94. The van der Waals surface area contributed by atoms with Crippen molar-refractivity contribution in [3.63, 3.8) is 0 Å². The van der Waals surface area contributed by atoms with Crippen LogP contribution in [0.25, 0.3) is 0 Å². The van der Waals surface area contributed by atoms with Gasteiger partial charge in [-0.15, -0.1) is 11.6 Å². The molecule has 3 nitrogen and oxygen atoms in total. The van der Waals surface area contributed by atoms with Gasteiger partial charge in [0, 0.05) is 33.2 Å². The minimum absolute atomic E-state index is 0.120. The summed E-state index contributed by atoms with van der Waals surface area (Å²) in [6.07, 6.45) is 4.02. The van der Waals surface area contributed by atoms with E-state index in [4.69, 9.17) is 21.1 Å². The van der Waals surface area contributed by atoms with Crippen LogP contribution in [-0.4, -0.2) is 45.9 Å². The zero-order valence-corrected chi connectivity index (χ0v) is 9.01. The van der Waals surface area contributed by atoms with Crippen LogP contribution < -0.4 is 5.32 Å². The molecule has 0 aromatic heterocycles. The Bertz CT molecular complexity index is 131. The van der Waals surface area contributed by atoms with Crippen LogP contribution in [0.3, 0.4) is 0 Å². The molecule has 1 unspecified atom stereocenters. The summed E-state index contributed by atoms with van der Waals surface area (Å²) in [7, 11) is 3.35. The molecule has 0 saturated carbocycles. The average Bonchev–Trinajstić information content (AvgIpc) is 2.16. The van der Waals surface area contributed by atoms with E-state index in [0.29, 0.717) is 12.5 Å². The second-order valence-electron chi connectivity index (χ2n) is 2.60. The standard InChI is InChI=1S/C9H18ClNO2/c1-12-8-9(13-2)7-11-6-4-3-5-10/h3-4,9,11H,5-8H2,1-2H3/b4-3+. The fourth-order valence-corrected chi connectivity index (χ4v) is 0.996. The quantitative estimate of drug-likeness (QED) is 0.367. The van der Waals surface area contributed by atoms with Crippen molar-refractivity contribution in [2.24, 2.45) is 0 Å². The van der Waals surface area contributed by atoms with Gasteiger partial charge in [-0.3, -0.25) is 0 Å². The highest BCUT2D eigenvalue weighted by Gasteiger charge is 2.04. The van der Waals surface area contributed by atoms with Crippen molar-refractivity contribution in [2.75, 3.05) is 39.8 Å². The second kappa shape index (κ2) is 9.99. The summed E-state index contributed by atoms with van der Waals surface area (Å²) in [5.74, 6) is 0.563. The maximum absolute atomic E-state index is 5.46. The molecule has 0 aromatic carbocycles. The normalized spacial score (nSPS) is 13.8. The lowest BCUT2D eigenvalue weighted by Crippen LogP contribution is -2.31. The highest BCUT2D eigenvalue weighted by molar-refractivity contribution is 6.18. The van der Waals surface area contributed by atoms with Gasteiger partial charge in [0.2, 0.25) is 0 Å². The molecule has 0 saturated heterocycles. The van der Waals surface area contributed by atoms with Gasteiger partial charge in [-0.25, -0.2) is 0 Å². The molecule has 78 valence electrons. The molecule has 0 aliphatic rings. The van der Waals surface area contributed by atoms with Crippen LogP contribution in [0, 0.1) is 0 Å². The van der Waals surface area contributed by atoms with Crippen LogP contribution in [0.15, 0.2) is 12.2 Å². The van der Waals surface area contributed by atoms with Gasteiger partial charge in [-0.05, 0) is 0 Å². The van der Waals surface area contributed by atoms with Gasteiger partial charge in [0.05, 0.1) is 12.7 Å². The zero-order valence-electron chi connectivity index (χ0n) is 8.25. The molecule has 1 N–H and O–H groups in total. The minimum Gasteiger partial charge on any atom is -0.382 e. The minimum atomic E-state index is 0.120. The Balaban J connectivity index is 3.32. The lowest BCUT2D eigenvalue weighted by molar-refractivity contribution is 0.0295. The lowest BCUT2D eigenvalue weighted by Gasteiger charge is -2.13. The first-order valence-electron chi connectivity index (χ1n) is 4.28. The van der Waals surface area contributed by atoms with Crippen molar-refractivity contribution in [1.29, 1.82) is 0 Å². The molecule has 0 amide bonds. The molecule has 0 fully saturated rings. The Morgan fingerprint density at radius 3 is 2.69 bits per heavy atom. The number of hydrogen-bond acceptors (Lipinski definition) is 3. The van der Waals surface area contributed by atoms with E-state index >= 15 is 0 Å². The molecule has 0 aromatic rings. The van der Waals surface area contributed by atoms with Gasteiger partial charge in [-0.2, -0.15) is 0 Å². The van der Waals surface area contributed by atoms with E-state index in [1.807, 2.05) is 12.2 Å². The highest BCUT2D eigenvalue weighted by Crippen LogP contribution is 1.88. The molecule has 0 rings (SSSR count). The number of methoxy groups -OCH3 is 2. The Morgan fingerprint density at radius 2 is 2.15 bits per heavy atom. The van der Waals surface area contributed by atoms with Crippen LogP contribution in [-0.2, 0) is 9.47 Å². The number of alkyl halides is 1. The third-order valence-electron chi connectivity index (χ3n) is 1.58. The molecule has 0 aliphatic carbocycles. The largest absolute Gasteiger partial charge is 0.382 e. The van der Waals surface area contributed by atoms with Gasteiger partial charge in [0.1, 0.15) is 0 Å². The van der Waals surface area contributed by atoms with Crippen LogP contribution >= 0.6 is 11.6 Å². The molecule has 0 spiro atoms. The van der Waals surface area contributed by atoms with Crippen molar-refractivity contribution in [3.8, 4) is 0 Å². The fraction of sp³-hybridized carbons (Fsp3) is 0.778. The van der Waals surface area contributed by atoms with Crippen LogP contribution in [0.1, 0.15) is 0 Å². The van der Waals surface area contributed by atoms with Crippen molar-refractivity contribution in [3.05, 3.63) is 12.2 Å². The summed E-state index contributed by atoms with van der Waals surface area (Å²) < 4.78 is 10.1. The molecular formula is C9H18ClNO2. The first-order chi connectivity index (χ1) is 6.35. The smallest absolute Gasteiger partial charge is 0.0928 e. The third-order valence-corrected chi connectivity index (χ3v) is 1.75. The summed E-state index contributed by atoms with van der Waals surface area (Å²) in [6.45, 7) is 2.22. The topological polar surface area (TPSA) is 30.5 Å². The van der Waals surface area contributed by atoms with Crippen LogP contribution in [0.2, 0.25) is 0 Å². The number of ether oxygens (including phenoxy) is 2. The average molecular weight is 208 g/mol. The monoisotopic (exact) mass is 207 g/mol. The molecule has 0 heterocycles. The van der Waals surface area contributed by atoms with E-state index in [2.05, 4.69) is 5.32 Å². The Kier molecular flexibility index (Phi) is 9.92. The second-order valence-corrected chi connectivity index (χ2v) is 2.91. The Labute approximate surface area is 85.0 Å². The molecule has 0 radical (unpaired) electrons. The van der Waals surface area contributed by atoms with Crippen molar-refractivity contribution in [1.82, 2.24) is 5.32 Å². The summed E-state index contributed by atoms with van der Waals surface area (Å²) in [4.78, 5) is 0. The first kappa shape index (κ1) is 12.9. The maximum Gasteiger partial charge on any atom is 0.0928 e. The SMILES string of the molecule is COCC(CNC/C=C/CCl)OC. The molecule has 0 aliphatic heterocycles. The molecule has 0 bridgehead atoms. The molecule has 1 atom stereocenters. The summed E-state index contributed by atoms with van der Waals surface area (Å²) in [6, 6.07) is 0. The van der Waals surface area contributed by atoms with E-state index < -0.39 is 0 Å². The number of hydrogen-bond donors (Lipinski definition) is 1. The summed E-state index contributed by atoms with van der Waals surface area (Å²) >= 11 is 5.46. The first-order valence-corrected chi connectivity index (χ1v) is 4.82. The number of allylic oxidation sites excluding steroid dienone is 1. The summed E-state index contributed by atoms with van der Waals surface area (Å²) in [5.41, 5.74) is 0. The number of rotatable bonds is 8. The van der Waals surface area contributed by atoms with Gasteiger partial charge < -0.3 is 14.8 Å². The molecule has 4 heteroatoms. The van der Waals surface area contributed by atoms with Crippen molar-refractivity contribution >= 4 is 11.6 Å². The Hall–Kier alpha value is -0.0900. The van der Waals surface area contributed by atoms with Crippen LogP contribution in [0.5, 0.6) is 0 Å². The molecular weight excluding hydrogens is 190 g/mol. The predicted molar refractivity (Wildman–Crippen MR) is 55.4 cm³/mol. The van der Waals surface area contributed by atoms with Crippen molar-refractivity contribution < 1.29 is 9.47 Å². The highest BCUT2D eigenvalue weighted by atomic mass is 35.5. The summed E-state index contributed by atoms with van der Waals surface area (Å²) in [5, 5.41) is 3.21. The number of halogens is 1. The predicted octanol–water partition coefficient (Wildman–Crippen LogP) is 1.03. The van der Waals surface area contributed by atoms with Crippen molar-refractivity contribution in [2.45, 2.75) is 6.10 Å².